The molecule has 2 rings (SSSR count). The average molecular weight is 352 g/mol. The summed E-state index contributed by atoms with van der Waals surface area (Å²) in [5.74, 6) is -1.11. The first-order valence-electron chi connectivity index (χ1n) is 6.34. The van der Waals surface area contributed by atoms with Crippen LogP contribution < -0.4 is 10.6 Å². The highest BCUT2D eigenvalue weighted by atomic mass is 79.9. The minimum atomic E-state index is -0.662. The lowest BCUT2D eigenvalue weighted by Crippen LogP contribution is -2.16. The molecule has 0 saturated carbocycles. The standard InChI is InChI=1S/C15H15BrFN3O/c1-8-6-10(16)7-9(2)13(8)20-15(21)11-4-5-19-14(18-3)12(11)17/h4-7H,1-3H3,(H,18,19)(H,20,21). The monoisotopic (exact) mass is 351 g/mol. The summed E-state index contributed by atoms with van der Waals surface area (Å²) in [4.78, 5) is 16.1. The van der Waals surface area contributed by atoms with Crippen LogP contribution in [0, 0.1) is 19.7 Å². The van der Waals surface area contributed by atoms with Crippen LogP contribution in [0.3, 0.4) is 0 Å². The SMILES string of the molecule is CNc1nccc(C(=O)Nc2c(C)cc(Br)cc2C)c1F. The number of pyridine rings is 1. The van der Waals surface area contributed by atoms with Gasteiger partial charge in [0.15, 0.2) is 11.6 Å². The highest BCUT2D eigenvalue weighted by molar-refractivity contribution is 9.10. The maximum Gasteiger partial charge on any atom is 0.258 e. The largest absolute Gasteiger partial charge is 0.371 e. The molecular formula is C15H15BrFN3O. The van der Waals surface area contributed by atoms with Crippen molar-refractivity contribution < 1.29 is 9.18 Å². The predicted molar refractivity (Wildman–Crippen MR) is 85.3 cm³/mol. The molecule has 2 N–H and O–H groups in total. The molecule has 0 unspecified atom stereocenters. The van der Waals surface area contributed by atoms with Crippen molar-refractivity contribution >= 4 is 33.3 Å². The number of benzene rings is 1. The molecular weight excluding hydrogens is 337 g/mol. The van der Waals surface area contributed by atoms with Gasteiger partial charge in [0.05, 0.1) is 5.56 Å². The Labute approximate surface area is 130 Å². The Bertz CT molecular complexity index is 680. The van der Waals surface area contributed by atoms with Gasteiger partial charge in [0.2, 0.25) is 0 Å². The van der Waals surface area contributed by atoms with Crippen LogP contribution in [-0.4, -0.2) is 17.9 Å². The number of amides is 1. The van der Waals surface area contributed by atoms with E-state index in [4.69, 9.17) is 0 Å². The van der Waals surface area contributed by atoms with Crippen molar-refractivity contribution in [1.82, 2.24) is 4.98 Å². The van der Waals surface area contributed by atoms with E-state index in [9.17, 15) is 9.18 Å². The maximum atomic E-state index is 14.1. The molecule has 0 bridgehead atoms. The molecule has 0 spiro atoms. The summed E-state index contributed by atoms with van der Waals surface area (Å²) < 4.78 is 15.0. The first-order chi connectivity index (χ1) is 9.93. The number of halogens is 2. The first kappa shape index (κ1) is 15.4. The molecule has 6 heteroatoms. The Morgan fingerprint density at radius 3 is 2.48 bits per heavy atom. The summed E-state index contributed by atoms with van der Waals surface area (Å²) in [7, 11) is 1.55. The number of aryl methyl sites for hydroxylation is 2. The zero-order chi connectivity index (χ0) is 15.6. The van der Waals surface area contributed by atoms with E-state index in [1.165, 1.54) is 12.3 Å². The number of nitrogens with zero attached hydrogens (tertiary/aromatic N) is 1. The molecule has 0 saturated heterocycles. The zero-order valence-corrected chi connectivity index (χ0v) is 13.5. The van der Waals surface area contributed by atoms with Crippen molar-refractivity contribution in [3.63, 3.8) is 0 Å². The Kier molecular flexibility index (Phi) is 4.57. The number of hydrogen-bond acceptors (Lipinski definition) is 3. The number of anilines is 2. The number of rotatable bonds is 3. The summed E-state index contributed by atoms with van der Waals surface area (Å²) in [5.41, 5.74) is 2.44. The van der Waals surface area contributed by atoms with E-state index in [2.05, 4.69) is 31.5 Å². The van der Waals surface area contributed by atoms with Gasteiger partial charge in [-0.1, -0.05) is 15.9 Å². The third-order valence-electron chi connectivity index (χ3n) is 3.11. The number of hydrogen-bond donors (Lipinski definition) is 2. The second kappa shape index (κ2) is 6.22. The lowest BCUT2D eigenvalue weighted by molar-refractivity contribution is 0.102. The molecule has 1 aromatic heterocycles. The van der Waals surface area contributed by atoms with Gasteiger partial charge < -0.3 is 10.6 Å². The van der Waals surface area contributed by atoms with Crippen LogP contribution in [0.15, 0.2) is 28.9 Å². The summed E-state index contributed by atoms with van der Waals surface area (Å²) in [6.07, 6.45) is 1.39. The molecule has 21 heavy (non-hydrogen) atoms. The highest BCUT2D eigenvalue weighted by Crippen LogP contribution is 2.26. The minimum absolute atomic E-state index is 0.0453. The van der Waals surface area contributed by atoms with Crippen LogP contribution >= 0.6 is 15.9 Å². The van der Waals surface area contributed by atoms with E-state index in [0.717, 1.165) is 15.6 Å². The number of carbonyl (C=O) groups is 1. The van der Waals surface area contributed by atoms with E-state index in [1.807, 2.05) is 26.0 Å². The van der Waals surface area contributed by atoms with E-state index in [1.54, 1.807) is 7.05 Å². The summed E-state index contributed by atoms with van der Waals surface area (Å²) in [6.45, 7) is 3.77. The number of carbonyl (C=O) groups excluding carboxylic acids is 1. The second-order valence-corrected chi connectivity index (χ2v) is 5.56. The fourth-order valence-corrected chi connectivity index (χ4v) is 2.77. The Morgan fingerprint density at radius 2 is 1.90 bits per heavy atom. The normalized spacial score (nSPS) is 10.3. The van der Waals surface area contributed by atoms with Gasteiger partial charge >= 0.3 is 0 Å². The second-order valence-electron chi connectivity index (χ2n) is 4.64. The zero-order valence-electron chi connectivity index (χ0n) is 11.9. The van der Waals surface area contributed by atoms with Crippen LogP contribution in [0.25, 0.3) is 0 Å². The van der Waals surface area contributed by atoms with Gasteiger partial charge in [0.25, 0.3) is 5.91 Å². The van der Waals surface area contributed by atoms with Crippen molar-refractivity contribution in [2.24, 2.45) is 0 Å². The lowest BCUT2D eigenvalue weighted by atomic mass is 10.1. The summed E-state index contributed by atoms with van der Waals surface area (Å²) in [6, 6.07) is 5.14. The Morgan fingerprint density at radius 1 is 1.29 bits per heavy atom. The van der Waals surface area contributed by atoms with Gasteiger partial charge in [0, 0.05) is 23.4 Å². The van der Waals surface area contributed by atoms with Crippen molar-refractivity contribution in [2.45, 2.75) is 13.8 Å². The quantitative estimate of drug-likeness (QED) is 0.881. The number of nitrogens with one attached hydrogen (secondary N) is 2. The van der Waals surface area contributed by atoms with Gasteiger partial charge in [-0.2, -0.15) is 0 Å². The lowest BCUT2D eigenvalue weighted by Gasteiger charge is -2.13. The average Bonchev–Trinajstić information content (AvgIpc) is 2.42. The van der Waals surface area contributed by atoms with Crippen molar-refractivity contribution in [2.75, 3.05) is 17.7 Å². The van der Waals surface area contributed by atoms with Crippen LogP contribution in [-0.2, 0) is 0 Å². The molecule has 1 amide bonds. The molecule has 1 heterocycles. The molecule has 0 fully saturated rings. The highest BCUT2D eigenvalue weighted by Gasteiger charge is 2.17. The molecule has 4 nitrogen and oxygen atoms in total. The van der Waals surface area contributed by atoms with Crippen LogP contribution in [0.2, 0.25) is 0 Å². The van der Waals surface area contributed by atoms with Gasteiger partial charge in [-0.15, -0.1) is 0 Å². The maximum absolute atomic E-state index is 14.1. The Hall–Kier alpha value is -1.95. The minimum Gasteiger partial charge on any atom is -0.371 e. The smallest absolute Gasteiger partial charge is 0.258 e. The van der Waals surface area contributed by atoms with Gasteiger partial charge in [-0.25, -0.2) is 9.37 Å². The number of aromatic nitrogens is 1. The van der Waals surface area contributed by atoms with Gasteiger partial charge in [-0.05, 0) is 43.2 Å². The van der Waals surface area contributed by atoms with Crippen LogP contribution in [0.1, 0.15) is 21.5 Å². The molecule has 0 radical (unpaired) electrons. The van der Waals surface area contributed by atoms with Gasteiger partial charge in [0.1, 0.15) is 0 Å². The summed E-state index contributed by atoms with van der Waals surface area (Å²) >= 11 is 3.40. The van der Waals surface area contributed by atoms with Gasteiger partial charge in [-0.3, -0.25) is 4.79 Å². The fourth-order valence-electron chi connectivity index (χ4n) is 2.08. The van der Waals surface area contributed by atoms with Crippen LogP contribution in [0.4, 0.5) is 15.9 Å². The van der Waals surface area contributed by atoms with E-state index >= 15 is 0 Å². The van der Waals surface area contributed by atoms with Crippen molar-refractivity contribution in [3.05, 3.63) is 51.4 Å². The summed E-state index contributed by atoms with van der Waals surface area (Å²) in [5, 5.41) is 5.37. The van der Waals surface area contributed by atoms with Crippen molar-refractivity contribution in [1.29, 1.82) is 0 Å². The van der Waals surface area contributed by atoms with Crippen LogP contribution in [0.5, 0.6) is 0 Å². The molecule has 0 aliphatic carbocycles. The molecule has 110 valence electrons. The molecule has 0 aliphatic rings. The topological polar surface area (TPSA) is 54.0 Å². The fraction of sp³-hybridized carbons (Fsp3) is 0.200. The third-order valence-corrected chi connectivity index (χ3v) is 3.56. The molecule has 0 atom stereocenters. The first-order valence-corrected chi connectivity index (χ1v) is 7.13. The van der Waals surface area contributed by atoms with E-state index < -0.39 is 11.7 Å². The Balaban J connectivity index is 2.35. The molecule has 1 aromatic carbocycles. The molecule has 0 aliphatic heterocycles. The predicted octanol–water partition coefficient (Wildman–Crippen LogP) is 3.89. The van der Waals surface area contributed by atoms with E-state index in [0.29, 0.717) is 5.69 Å². The molecule has 2 aromatic rings. The third kappa shape index (κ3) is 3.21. The van der Waals surface area contributed by atoms with E-state index in [-0.39, 0.29) is 11.4 Å². The van der Waals surface area contributed by atoms with Crippen molar-refractivity contribution in [3.8, 4) is 0 Å².